The molecule has 4 fully saturated rings. The number of benzene rings is 4. The van der Waals surface area contributed by atoms with Crippen LogP contribution >= 0.6 is 0 Å². The number of hydrogen-bond donors (Lipinski definition) is 1. The minimum atomic E-state index is -3.17. The molecule has 4 aromatic carbocycles. The Hall–Kier alpha value is -5.67. The molecule has 4 aliphatic rings. The Balaban J connectivity index is 0.976. The summed E-state index contributed by atoms with van der Waals surface area (Å²) in [6.45, 7) is 14.6. The van der Waals surface area contributed by atoms with Gasteiger partial charge in [0.25, 0.3) is 8.32 Å². The van der Waals surface area contributed by atoms with Crippen LogP contribution in [0.4, 0.5) is 15.0 Å². The van der Waals surface area contributed by atoms with Gasteiger partial charge in [-0.3, -0.25) is 14.8 Å². The predicted molar refractivity (Wildman–Crippen MR) is 280 cm³/mol. The van der Waals surface area contributed by atoms with Crippen molar-refractivity contribution in [3.63, 3.8) is 0 Å². The first-order valence-electron chi connectivity index (χ1n) is 25.7. The molecule has 4 aliphatic heterocycles. The molecule has 71 heavy (non-hydrogen) atoms. The first kappa shape index (κ1) is 48.9. The first-order valence-corrected chi connectivity index (χ1v) is 27.6. The number of carbonyl (C=O) groups excluding carboxylic acids is 1. The van der Waals surface area contributed by atoms with Gasteiger partial charge in [-0.15, -0.1) is 0 Å². The number of methoxy groups -OCH3 is 1. The molecular weight excluding hydrogens is 912 g/mol. The number of ether oxygens (including phenoxy) is 4. The molecule has 2 aromatic heterocycles. The summed E-state index contributed by atoms with van der Waals surface area (Å²) < 4.78 is 41.7. The number of piperazine rings is 1. The molecule has 0 spiro atoms. The van der Waals surface area contributed by atoms with Crippen molar-refractivity contribution in [1.29, 1.82) is 0 Å². The highest BCUT2D eigenvalue weighted by atomic mass is 28.4. The van der Waals surface area contributed by atoms with E-state index in [0.29, 0.717) is 48.3 Å². The van der Waals surface area contributed by atoms with Crippen LogP contribution < -0.4 is 24.7 Å². The summed E-state index contributed by atoms with van der Waals surface area (Å²) in [5.41, 5.74) is 1.11. The van der Waals surface area contributed by atoms with Crippen LogP contribution in [0.3, 0.4) is 0 Å². The second kappa shape index (κ2) is 19.4. The van der Waals surface area contributed by atoms with E-state index in [1.807, 2.05) is 86.3 Å². The molecule has 1 N–H and O–H groups in total. The van der Waals surface area contributed by atoms with Gasteiger partial charge >= 0.3 is 12.1 Å². The summed E-state index contributed by atoms with van der Waals surface area (Å²) in [5.74, 6) is 0.514. The monoisotopic (exact) mass is 981 g/mol. The van der Waals surface area contributed by atoms with E-state index >= 15 is 4.39 Å². The van der Waals surface area contributed by atoms with Crippen molar-refractivity contribution in [3.8, 4) is 23.0 Å². The predicted octanol–water partition coefficient (Wildman–Crippen LogP) is 9.81. The number of rotatable bonds is 15. The van der Waals surface area contributed by atoms with E-state index in [1.54, 1.807) is 13.3 Å². The van der Waals surface area contributed by atoms with Crippen LogP contribution in [0.25, 0.3) is 32.9 Å². The van der Waals surface area contributed by atoms with Gasteiger partial charge in [-0.25, -0.2) is 9.18 Å². The van der Waals surface area contributed by atoms with E-state index in [1.165, 1.54) is 0 Å². The summed E-state index contributed by atoms with van der Waals surface area (Å²) in [4.78, 5) is 48.2. The topological polar surface area (TPSA) is 123 Å². The number of nitrogens with zero attached hydrogens (tertiary/aromatic N) is 6. The number of pyridine rings is 1. The smallest absolute Gasteiger partial charge is 0.410 e. The lowest BCUT2D eigenvalue weighted by atomic mass is 9.95. The molecule has 10 rings (SSSR count). The van der Waals surface area contributed by atoms with Crippen LogP contribution in [-0.2, 0) is 15.9 Å². The lowest BCUT2D eigenvalue weighted by Gasteiger charge is -2.42. The molecule has 4 saturated heterocycles. The third-order valence-corrected chi connectivity index (χ3v) is 20.6. The standard InChI is InChI=1S/C57H69FN6O6Si/c1-8-38-17-15-18-39-31-43(69-37-67-7)32-46(48(38)39)50-49(58)51-47(33-59-50)52(62-34-41-23-24-42(35-62)64(41)54(65)70-55(2,3)4)61-53(60-51)68-36-57-27-16-30-63(57)40(26-29-57)25-28-56(5,6)71(66,44-19-11-9-12-20-44)45-21-13-10-14-22-45/h9-15,17-22,31-33,40-42,66H,8,16,23-30,34-37H2,1-7H3/t40-,41?,42?,57+/m1/s1. The van der Waals surface area contributed by atoms with Crippen molar-refractivity contribution >= 4 is 52.3 Å². The summed E-state index contributed by atoms with van der Waals surface area (Å²) in [6.07, 6.45) is 9.61. The second-order valence-electron chi connectivity index (χ2n) is 21.9. The maximum Gasteiger partial charge on any atom is 0.410 e. The lowest BCUT2D eigenvalue weighted by Crippen LogP contribution is -2.65. The summed E-state index contributed by atoms with van der Waals surface area (Å²) in [5, 5.41) is 3.99. The number of aromatic nitrogens is 3. The highest BCUT2D eigenvalue weighted by Crippen LogP contribution is 2.48. The van der Waals surface area contributed by atoms with E-state index in [9.17, 15) is 9.59 Å². The fraction of sp³-hybridized carbons (Fsp3) is 0.474. The van der Waals surface area contributed by atoms with Crippen LogP contribution in [0, 0.1) is 5.82 Å². The van der Waals surface area contributed by atoms with Gasteiger partial charge in [0.1, 0.15) is 35.0 Å². The van der Waals surface area contributed by atoms with Crippen molar-refractivity contribution in [2.45, 2.75) is 134 Å². The first-order chi connectivity index (χ1) is 34.1. The maximum atomic E-state index is 17.8. The zero-order valence-corrected chi connectivity index (χ0v) is 43.4. The van der Waals surface area contributed by atoms with Crippen LogP contribution in [0.1, 0.15) is 98.5 Å². The molecule has 0 saturated carbocycles. The van der Waals surface area contributed by atoms with Gasteiger partial charge in [-0.05, 0) is 129 Å². The summed E-state index contributed by atoms with van der Waals surface area (Å²) in [6, 6.07) is 30.7. The van der Waals surface area contributed by atoms with Crippen LogP contribution in [0.5, 0.6) is 11.8 Å². The van der Waals surface area contributed by atoms with Gasteiger partial charge in [0, 0.05) is 38.0 Å². The molecular formula is C57H69FN6O6Si. The molecule has 12 nitrogen and oxygen atoms in total. The second-order valence-corrected chi connectivity index (χ2v) is 25.9. The number of aryl methyl sites for hydroxylation is 1. The molecule has 14 heteroatoms. The van der Waals surface area contributed by atoms with E-state index in [2.05, 4.69) is 60.9 Å². The number of amides is 1. The zero-order chi connectivity index (χ0) is 49.7. The van der Waals surface area contributed by atoms with Gasteiger partial charge in [0.2, 0.25) is 0 Å². The summed E-state index contributed by atoms with van der Waals surface area (Å²) >= 11 is 0. The molecule has 0 aliphatic carbocycles. The van der Waals surface area contributed by atoms with Gasteiger partial charge in [-0.2, -0.15) is 9.97 Å². The molecule has 6 aromatic rings. The minimum Gasteiger partial charge on any atom is -0.468 e. The van der Waals surface area contributed by atoms with Crippen molar-refractivity contribution in [2.24, 2.45) is 0 Å². The van der Waals surface area contributed by atoms with Crippen LogP contribution in [0.2, 0.25) is 5.04 Å². The number of hydrogen-bond acceptors (Lipinski definition) is 11. The average Bonchev–Trinajstić information content (AvgIpc) is 4.03. The lowest BCUT2D eigenvalue weighted by molar-refractivity contribution is 0.0122. The van der Waals surface area contributed by atoms with Crippen molar-refractivity contribution < 1.29 is 32.9 Å². The molecule has 0 radical (unpaired) electrons. The largest absolute Gasteiger partial charge is 0.468 e. The van der Waals surface area contributed by atoms with Gasteiger partial charge in [-0.1, -0.05) is 99.6 Å². The van der Waals surface area contributed by atoms with E-state index in [-0.39, 0.29) is 52.8 Å². The van der Waals surface area contributed by atoms with Gasteiger partial charge in [0.15, 0.2) is 12.6 Å². The molecule has 1 amide bonds. The Kier molecular flexibility index (Phi) is 13.4. The van der Waals surface area contributed by atoms with Crippen molar-refractivity contribution in [2.75, 3.05) is 45.0 Å². The van der Waals surface area contributed by atoms with Gasteiger partial charge in [0.05, 0.1) is 23.0 Å². The molecule has 374 valence electrons. The van der Waals surface area contributed by atoms with Crippen molar-refractivity contribution in [1.82, 2.24) is 24.8 Å². The fourth-order valence-corrected chi connectivity index (χ4v) is 16.3. The Morgan fingerprint density at radius 2 is 1.59 bits per heavy atom. The molecule has 2 unspecified atom stereocenters. The highest BCUT2D eigenvalue weighted by molar-refractivity contribution is 6.98. The summed E-state index contributed by atoms with van der Waals surface area (Å²) in [7, 11) is -1.60. The Bertz CT molecular complexity index is 2850. The van der Waals surface area contributed by atoms with Crippen molar-refractivity contribution in [3.05, 3.63) is 109 Å². The average molecular weight is 981 g/mol. The van der Waals surface area contributed by atoms with Crippen LogP contribution in [-0.4, -0.2) is 113 Å². The van der Waals surface area contributed by atoms with Gasteiger partial charge < -0.3 is 28.6 Å². The normalized spacial score (nSPS) is 21.6. The number of carbonyl (C=O) groups is 1. The number of anilines is 1. The Labute approximate surface area is 418 Å². The SMILES string of the molecule is CCc1cccc2cc(OCOC)cc(-c3ncc4c(N5CC6CCC(C5)N6C(=O)OC(C)(C)C)nc(OC[C@@]56CCCN5[C@H](CCC(C)(C)[Si](O)(c5ccccc5)c5ccccc5)CC6)nc4c3F)c12. The third kappa shape index (κ3) is 9.14. The highest BCUT2D eigenvalue weighted by Gasteiger charge is 2.53. The Morgan fingerprint density at radius 3 is 2.25 bits per heavy atom. The molecule has 4 atom stereocenters. The number of halogens is 1. The molecule has 6 heterocycles. The van der Waals surface area contributed by atoms with E-state index < -0.39 is 19.7 Å². The Morgan fingerprint density at radius 1 is 0.887 bits per heavy atom. The third-order valence-electron chi connectivity index (χ3n) is 16.0. The van der Waals surface area contributed by atoms with Crippen LogP contribution in [0.15, 0.2) is 97.2 Å². The fourth-order valence-electron chi connectivity index (χ4n) is 12.5. The van der Waals surface area contributed by atoms with E-state index in [4.69, 9.17) is 33.9 Å². The number of fused-ring (bicyclic) bond motifs is 5. The zero-order valence-electron chi connectivity index (χ0n) is 42.4. The maximum absolute atomic E-state index is 17.8. The molecule has 2 bridgehead atoms. The quantitative estimate of drug-likeness (QED) is 0.0782. The van der Waals surface area contributed by atoms with E-state index in [0.717, 1.165) is 91.0 Å². The minimum absolute atomic E-state index is 0.0393.